The first kappa shape index (κ1) is 10.9. The van der Waals surface area contributed by atoms with Crippen LogP contribution in [0.2, 0.25) is 0 Å². The van der Waals surface area contributed by atoms with Crippen LogP contribution in [0.5, 0.6) is 5.75 Å². The SMILES string of the molecule is NCC(C1CC1)N1CCCOc2ccccc21. The lowest BCUT2D eigenvalue weighted by Gasteiger charge is -2.32. The molecule has 1 aliphatic carbocycles. The first-order valence-electron chi connectivity index (χ1n) is 6.58. The van der Waals surface area contributed by atoms with Gasteiger partial charge in [-0.15, -0.1) is 0 Å². The normalized spacial score (nSPS) is 21.4. The van der Waals surface area contributed by atoms with Crippen molar-refractivity contribution in [1.82, 2.24) is 0 Å². The summed E-state index contributed by atoms with van der Waals surface area (Å²) < 4.78 is 5.79. The molecule has 0 radical (unpaired) electrons. The van der Waals surface area contributed by atoms with Gasteiger partial charge in [0.1, 0.15) is 5.75 Å². The van der Waals surface area contributed by atoms with E-state index in [1.165, 1.54) is 18.5 Å². The van der Waals surface area contributed by atoms with Gasteiger partial charge in [0, 0.05) is 19.1 Å². The van der Waals surface area contributed by atoms with Crippen molar-refractivity contribution in [1.29, 1.82) is 0 Å². The van der Waals surface area contributed by atoms with Gasteiger partial charge < -0.3 is 15.4 Å². The Morgan fingerprint density at radius 3 is 2.94 bits per heavy atom. The fourth-order valence-corrected chi connectivity index (χ4v) is 2.75. The number of hydrogen-bond donors (Lipinski definition) is 1. The number of ether oxygens (including phenoxy) is 1. The maximum Gasteiger partial charge on any atom is 0.142 e. The van der Waals surface area contributed by atoms with Crippen LogP contribution >= 0.6 is 0 Å². The molecule has 1 aliphatic heterocycles. The molecule has 1 aromatic carbocycles. The summed E-state index contributed by atoms with van der Waals surface area (Å²) in [4.78, 5) is 2.47. The second-order valence-electron chi connectivity index (χ2n) is 5.00. The Morgan fingerprint density at radius 1 is 1.35 bits per heavy atom. The second kappa shape index (κ2) is 4.57. The van der Waals surface area contributed by atoms with E-state index in [2.05, 4.69) is 23.1 Å². The Morgan fingerprint density at radius 2 is 2.18 bits per heavy atom. The molecule has 0 saturated heterocycles. The Labute approximate surface area is 103 Å². The summed E-state index contributed by atoms with van der Waals surface area (Å²) in [7, 11) is 0. The minimum absolute atomic E-state index is 0.498. The fourth-order valence-electron chi connectivity index (χ4n) is 2.75. The molecule has 1 saturated carbocycles. The van der Waals surface area contributed by atoms with Gasteiger partial charge in [-0.25, -0.2) is 0 Å². The lowest BCUT2D eigenvalue weighted by molar-refractivity contribution is 0.322. The summed E-state index contributed by atoms with van der Waals surface area (Å²) in [5, 5.41) is 0. The topological polar surface area (TPSA) is 38.5 Å². The van der Waals surface area contributed by atoms with Gasteiger partial charge in [0.25, 0.3) is 0 Å². The minimum atomic E-state index is 0.498. The van der Waals surface area contributed by atoms with Crippen LogP contribution in [0.1, 0.15) is 19.3 Å². The Kier molecular flexibility index (Phi) is 2.93. The van der Waals surface area contributed by atoms with Crippen molar-refractivity contribution in [2.24, 2.45) is 11.7 Å². The molecule has 3 nitrogen and oxygen atoms in total. The Bertz CT molecular complexity index is 390. The average molecular weight is 232 g/mol. The third-order valence-electron chi connectivity index (χ3n) is 3.78. The van der Waals surface area contributed by atoms with Crippen molar-refractivity contribution in [3.8, 4) is 5.75 Å². The van der Waals surface area contributed by atoms with Crippen LogP contribution in [-0.4, -0.2) is 25.7 Å². The number of para-hydroxylation sites is 2. The average Bonchev–Trinajstić information content (AvgIpc) is 3.18. The van der Waals surface area contributed by atoms with Gasteiger partial charge in [0.15, 0.2) is 0 Å². The number of hydrogen-bond acceptors (Lipinski definition) is 3. The smallest absolute Gasteiger partial charge is 0.142 e. The van der Waals surface area contributed by atoms with E-state index >= 15 is 0 Å². The molecule has 2 N–H and O–H groups in total. The van der Waals surface area contributed by atoms with Gasteiger partial charge in [0.2, 0.25) is 0 Å². The highest BCUT2D eigenvalue weighted by molar-refractivity contribution is 5.60. The molecule has 1 unspecified atom stereocenters. The molecule has 0 aromatic heterocycles. The van der Waals surface area contributed by atoms with Crippen molar-refractivity contribution in [2.45, 2.75) is 25.3 Å². The number of anilines is 1. The second-order valence-corrected chi connectivity index (χ2v) is 5.00. The van der Waals surface area contributed by atoms with Crippen LogP contribution in [-0.2, 0) is 0 Å². The highest BCUT2D eigenvalue weighted by Gasteiger charge is 2.35. The number of nitrogens with zero attached hydrogens (tertiary/aromatic N) is 1. The first-order valence-corrected chi connectivity index (χ1v) is 6.58. The molecule has 1 fully saturated rings. The lowest BCUT2D eigenvalue weighted by Crippen LogP contribution is -2.42. The van der Waals surface area contributed by atoms with Gasteiger partial charge in [-0.3, -0.25) is 0 Å². The van der Waals surface area contributed by atoms with Crippen LogP contribution < -0.4 is 15.4 Å². The Balaban J connectivity index is 1.92. The molecule has 0 bridgehead atoms. The highest BCUT2D eigenvalue weighted by Crippen LogP contribution is 2.40. The maximum absolute atomic E-state index is 5.97. The van der Waals surface area contributed by atoms with Gasteiger partial charge in [-0.1, -0.05) is 12.1 Å². The van der Waals surface area contributed by atoms with Crippen LogP contribution in [0.25, 0.3) is 0 Å². The van der Waals surface area contributed by atoms with Gasteiger partial charge in [-0.05, 0) is 37.3 Å². The largest absolute Gasteiger partial charge is 0.491 e. The monoisotopic (exact) mass is 232 g/mol. The van der Waals surface area contributed by atoms with E-state index in [0.29, 0.717) is 6.04 Å². The summed E-state index contributed by atoms with van der Waals surface area (Å²) in [6.45, 7) is 2.63. The van der Waals surface area contributed by atoms with Crippen LogP contribution in [0.4, 0.5) is 5.69 Å². The van der Waals surface area contributed by atoms with E-state index in [1.54, 1.807) is 0 Å². The maximum atomic E-state index is 5.97. The van der Waals surface area contributed by atoms with Crippen molar-refractivity contribution in [3.63, 3.8) is 0 Å². The molecule has 3 heteroatoms. The predicted octanol–water partition coefficient (Wildman–Crippen LogP) is 2.01. The standard InChI is InChI=1S/C14H20N2O/c15-10-13(11-6-7-11)16-8-3-9-17-14-5-2-1-4-12(14)16/h1-2,4-5,11,13H,3,6-10,15H2. The zero-order valence-corrected chi connectivity index (χ0v) is 10.1. The molecular weight excluding hydrogens is 212 g/mol. The summed E-state index contributed by atoms with van der Waals surface area (Å²) in [6, 6.07) is 8.84. The van der Waals surface area contributed by atoms with E-state index in [0.717, 1.165) is 37.8 Å². The zero-order chi connectivity index (χ0) is 11.7. The molecule has 0 spiro atoms. The number of nitrogens with two attached hydrogens (primary N) is 1. The summed E-state index contributed by atoms with van der Waals surface area (Å²) in [6.07, 6.45) is 3.75. The number of rotatable bonds is 3. The van der Waals surface area contributed by atoms with Crippen molar-refractivity contribution < 1.29 is 4.74 Å². The van der Waals surface area contributed by atoms with Gasteiger partial charge in [-0.2, -0.15) is 0 Å². The number of benzene rings is 1. The first-order chi connectivity index (χ1) is 8.40. The molecule has 0 amide bonds. The summed E-state index contributed by atoms with van der Waals surface area (Å²) in [5.74, 6) is 1.82. The molecule has 3 rings (SSSR count). The third kappa shape index (κ3) is 2.12. The minimum Gasteiger partial charge on any atom is -0.491 e. The third-order valence-corrected chi connectivity index (χ3v) is 3.78. The predicted molar refractivity (Wildman–Crippen MR) is 69.5 cm³/mol. The van der Waals surface area contributed by atoms with E-state index in [1.807, 2.05) is 6.07 Å². The van der Waals surface area contributed by atoms with Crippen molar-refractivity contribution in [2.75, 3.05) is 24.6 Å². The van der Waals surface area contributed by atoms with Crippen LogP contribution in [0.15, 0.2) is 24.3 Å². The zero-order valence-electron chi connectivity index (χ0n) is 10.1. The lowest BCUT2D eigenvalue weighted by atomic mass is 10.1. The van der Waals surface area contributed by atoms with E-state index in [4.69, 9.17) is 10.5 Å². The van der Waals surface area contributed by atoms with Crippen LogP contribution in [0.3, 0.4) is 0 Å². The quantitative estimate of drug-likeness (QED) is 0.866. The summed E-state index contributed by atoms with van der Waals surface area (Å²) >= 11 is 0. The fraction of sp³-hybridized carbons (Fsp3) is 0.571. The molecular formula is C14H20N2O. The van der Waals surface area contributed by atoms with Crippen molar-refractivity contribution >= 4 is 5.69 Å². The molecule has 1 aromatic rings. The number of fused-ring (bicyclic) bond motifs is 1. The summed E-state index contributed by atoms with van der Waals surface area (Å²) in [5.41, 5.74) is 7.20. The van der Waals surface area contributed by atoms with Crippen molar-refractivity contribution in [3.05, 3.63) is 24.3 Å². The molecule has 1 atom stereocenters. The molecule has 92 valence electrons. The van der Waals surface area contributed by atoms with Gasteiger partial charge in [0.05, 0.1) is 12.3 Å². The Hall–Kier alpha value is -1.22. The van der Waals surface area contributed by atoms with E-state index in [9.17, 15) is 0 Å². The molecule has 17 heavy (non-hydrogen) atoms. The van der Waals surface area contributed by atoms with Crippen LogP contribution in [0, 0.1) is 5.92 Å². The highest BCUT2D eigenvalue weighted by atomic mass is 16.5. The van der Waals surface area contributed by atoms with E-state index < -0.39 is 0 Å². The molecule has 1 heterocycles. The van der Waals surface area contributed by atoms with Gasteiger partial charge >= 0.3 is 0 Å². The van der Waals surface area contributed by atoms with E-state index in [-0.39, 0.29) is 0 Å². The molecule has 2 aliphatic rings.